The molecule has 0 atom stereocenters. The lowest BCUT2D eigenvalue weighted by molar-refractivity contribution is 0.118. The zero-order valence-corrected chi connectivity index (χ0v) is 14.9. The number of piperidine rings is 2. The molecular formula is C18H28N2O2S. The van der Waals surface area contributed by atoms with Gasteiger partial charge in [0.05, 0.1) is 5.75 Å². The first-order chi connectivity index (χ1) is 11.0. The maximum Gasteiger partial charge on any atom is 0.218 e. The second kappa shape index (κ2) is 7.32. The van der Waals surface area contributed by atoms with Gasteiger partial charge >= 0.3 is 0 Å². The molecule has 2 aliphatic heterocycles. The second-order valence-electron chi connectivity index (χ2n) is 6.97. The molecule has 4 nitrogen and oxygen atoms in total. The average Bonchev–Trinajstić information content (AvgIpc) is 2.55. The number of aryl methyl sites for hydroxylation is 1. The summed E-state index contributed by atoms with van der Waals surface area (Å²) in [6.07, 6.45) is 5.90. The minimum Gasteiger partial charge on any atom is -0.300 e. The molecule has 5 heteroatoms. The van der Waals surface area contributed by atoms with Gasteiger partial charge in [0.2, 0.25) is 10.0 Å². The van der Waals surface area contributed by atoms with Crippen molar-refractivity contribution < 1.29 is 8.42 Å². The van der Waals surface area contributed by atoms with Crippen LogP contribution in [0.25, 0.3) is 0 Å². The van der Waals surface area contributed by atoms with E-state index in [2.05, 4.69) is 4.90 Å². The molecule has 1 aromatic rings. The molecule has 0 N–H and O–H groups in total. The van der Waals surface area contributed by atoms with Crippen molar-refractivity contribution in [2.24, 2.45) is 0 Å². The minimum atomic E-state index is -3.19. The molecule has 2 aliphatic rings. The molecule has 0 spiro atoms. The molecule has 1 aromatic carbocycles. The van der Waals surface area contributed by atoms with Crippen molar-refractivity contribution in [1.29, 1.82) is 0 Å². The SMILES string of the molecule is Cc1cccc(CS(=O)(=O)N2CCC(N3CCCCC3)CC2)c1. The Balaban J connectivity index is 1.57. The summed E-state index contributed by atoms with van der Waals surface area (Å²) in [4.78, 5) is 2.58. The Morgan fingerprint density at radius 2 is 1.74 bits per heavy atom. The second-order valence-corrected chi connectivity index (χ2v) is 8.94. The highest BCUT2D eigenvalue weighted by Crippen LogP contribution is 2.23. The lowest BCUT2D eigenvalue weighted by Crippen LogP contribution is -2.48. The third-order valence-electron chi connectivity index (χ3n) is 5.16. The summed E-state index contributed by atoms with van der Waals surface area (Å²) >= 11 is 0. The summed E-state index contributed by atoms with van der Waals surface area (Å²) in [7, 11) is -3.19. The van der Waals surface area contributed by atoms with Crippen LogP contribution in [-0.2, 0) is 15.8 Å². The molecule has 2 saturated heterocycles. The Morgan fingerprint density at radius 3 is 2.39 bits per heavy atom. The van der Waals surface area contributed by atoms with Gasteiger partial charge in [0.1, 0.15) is 0 Å². The van der Waals surface area contributed by atoms with Gasteiger partial charge in [-0.15, -0.1) is 0 Å². The van der Waals surface area contributed by atoms with Crippen molar-refractivity contribution in [1.82, 2.24) is 9.21 Å². The van der Waals surface area contributed by atoms with E-state index in [4.69, 9.17) is 0 Å². The number of hydrogen-bond donors (Lipinski definition) is 0. The fourth-order valence-corrected chi connectivity index (χ4v) is 5.42. The quantitative estimate of drug-likeness (QED) is 0.849. The first-order valence-corrected chi connectivity index (χ1v) is 10.4. The Kier molecular flexibility index (Phi) is 5.39. The van der Waals surface area contributed by atoms with Crippen LogP contribution >= 0.6 is 0 Å². The van der Waals surface area contributed by atoms with Gasteiger partial charge in [0.15, 0.2) is 0 Å². The molecule has 0 saturated carbocycles. The fraction of sp³-hybridized carbons (Fsp3) is 0.667. The monoisotopic (exact) mass is 336 g/mol. The van der Waals surface area contributed by atoms with E-state index in [0.717, 1.165) is 24.0 Å². The van der Waals surface area contributed by atoms with Crippen LogP contribution in [0.5, 0.6) is 0 Å². The first kappa shape index (κ1) is 16.9. The molecule has 23 heavy (non-hydrogen) atoms. The van der Waals surface area contributed by atoms with E-state index in [-0.39, 0.29) is 5.75 Å². The maximum absolute atomic E-state index is 12.7. The zero-order valence-electron chi connectivity index (χ0n) is 14.1. The van der Waals surface area contributed by atoms with E-state index in [9.17, 15) is 8.42 Å². The normalized spacial score (nSPS) is 22.3. The molecule has 0 radical (unpaired) electrons. The van der Waals surface area contributed by atoms with Crippen LogP contribution in [0.15, 0.2) is 24.3 Å². The Labute approximate surface area is 140 Å². The van der Waals surface area contributed by atoms with Gasteiger partial charge in [0.25, 0.3) is 0 Å². The number of likely N-dealkylation sites (tertiary alicyclic amines) is 1. The van der Waals surface area contributed by atoms with Gasteiger partial charge in [-0.2, -0.15) is 0 Å². The molecule has 2 fully saturated rings. The van der Waals surface area contributed by atoms with E-state index < -0.39 is 10.0 Å². The van der Waals surface area contributed by atoms with Crippen molar-refractivity contribution in [3.63, 3.8) is 0 Å². The molecule has 3 rings (SSSR count). The number of hydrogen-bond acceptors (Lipinski definition) is 3. The smallest absolute Gasteiger partial charge is 0.218 e. The van der Waals surface area contributed by atoms with Crippen LogP contribution in [0.1, 0.15) is 43.2 Å². The van der Waals surface area contributed by atoms with Crippen molar-refractivity contribution in [2.75, 3.05) is 26.2 Å². The Hall–Kier alpha value is -0.910. The van der Waals surface area contributed by atoms with Crippen LogP contribution < -0.4 is 0 Å². The molecule has 0 aliphatic carbocycles. The summed E-state index contributed by atoms with van der Waals surface area (Å²) in [5.41, 5.74) is 2.00. The van der Waals surface area contributed by atoms with Gasteiger partial charge < -0.3 is 4.90 Å². The lowest BCUT2D eigenvalue weighted by Gasteiger charge is -2.39. The topological polar surface area (TPSA) is 40.6 Å². The summed E-state index contributed by atoms with van der Waals surface area (Å²) in [6, 6.07) is 8.40. The summed E-state index contributed by atoms with van der Waals surface area (Å²) < 4.78 is 27.0. The van der Waals surface area contributed by atoms with Gasteiger partial charge in [-0.1, -0.05) is 36.2 Å². The van der Waals surface area contributed by atoms with Crippen LogP contribution in [0.3, 0.4) is 0 Å². The lowest BCUT2D eigenvalue weighted by atomic mass is 10.0. The van der Waals surface area contributed by atoms with Crippen LogP contribution in [0.4, 0.5) is 0 Å². The van der Waals surface area contributed by atoms with E-state index in [1.54, 1.807) is 4.31 Å². The van der Waals surface area contributed by atoms with Crippen molar-refractivity contribution in [3.05, 3.63) is 35.4 Å². The van der Waals surface area contributed by atoms with Crippen LogP contribution in [0.2, 0.25) is 0 Å². The molecular weight excluding hydrogens is 308 g/mol. The molecule has 0 bridgehead atoms. The molecule has 0 aromatic heterocycles. The van der Waals surface area contributed by atoms with Crippen molar-refractivity contribution >= 4 is 10.0 Å². The van der Waals surface area contributed by atoms with Gasteiger partial charge in [-0.3, -0.25) is 0 Å². The number of sulfonamides is 1. The zero-order chi connectivity index (χ0) is 16.3. The van der Waals surface area contributed by atoms with E-state index >= 15 is 0 Å². The van der Waals surface area contributed by atoms with Gasteiger partial charge in [0, 0.05) is 19.1 Å². The van der Waals surface area contributed by atoms with E-state index in [1.807, 2.05) is 31.2 Å². The molecule has 2 heterocycles. The average molecular weight is 337 g/mol. The third kappa shape index (κ3) is 4.34. The third-order valence-corrected chi connectivity index (χ3v) is 7.01. The molecule has 0 unspecified atom stereocenters. The van der Waals surface area contributed by atoms with E-state index in [1.165, 1.54) is 32.4 Å². The summed E-state index contributed by atoms with van der Waals surface area (Å²) in [5.74, 6) is 0.128. The minimum absolute atomic E-state index is 0.128. The van der Waals surface area contributed by atoms with Crippen molar-refractivity contribution in [2.45, 2.75) is 50.8 Å². The number of rotatable bonds is 4. The predicted octanol–water partition coefficient (Wildman–Crippen LogP) is 2.78. The highest BCUT2D eigenvalue weighted by Gasteiger charge is 2.31. The maximum atomic E-state index is 12.7. The van der Waals surface area contributed by atoms with Crippen LogP contribution in [0, 0.1) is 6.92 Å². The standard InChI is InChI=1S/C18H28N2O2S/c1-16-6-5-7-17(14-16)15-23(21,22)20-12-8-18(9-13-20)19-10-3-2-4-11-19/h5-7,14,18H,2-4,8-13,15H2,1H3. The van der Waals surface area contributed by atoms with Crippen molar-refractivity contribution in [3.8, 4) is 0 Å². The van der Waals surface area contributed by atoms with Crippen LogP contribution in [-0.4, -0.2) is 49.8 Å². The highest BCUT2D eigenvalue weighted by molar-refractivity contribution is 7.88. The van der Waals surface area contributed by atoms with Gasteiger partial charge in [-0.05, 0) is 51.3 Å². The highest BCUT2D eigenvalue weighted by atomic mass is 32.2. The fourth-order valence-electron chi connectivity index (χ4n) is 3.87. The van der Waals surface area contributed by atoms with E-state index in [0.29, 0.717) is 19.1 Å². The van der Waals surface area contributed by atoms with Gasteiger partial charge in [-0.25, -0.2) is 12.7 Å². The molecule has 128 valence electrons. The largest absolute Gasteiger partial charge is 0.300 e. The summed E-state index contributed by atoms with van der Waals surface area (Å²) in [6.45, 7) is 5.74. The summed E-state index contributed by atoms with van der Waals surface area (Å²) in [5, 5.41) is 0. The number of benzene rings is 1. The number of nitrogens with zero attached hydrogens (tertiary/aromatic N) is 2. The Morgan fingerprint density at radius 1 is 1.04 bits per heavy atom. The first-order valence-electron chi connectivity index (χ1n) is 8.82. The molecule has 0 amide bonds. The predicted molar refractivity (Wildman–Crippen MR) is 93.8 cm³/mol. The Bertz CT molecular complexity index is 616.